The Hall–Kier alpha value is -16.5. The number of rotatable bonds is 31. The van der Waals surface area contributed by atoms with Gasteiger partial charge in [0.15, 0.2) is 23.3 Å². The summed E-state index contributed by atoms with van der Waals surface area (Å²) < 4.78 is 0. The predicted molar refractivity (Wildman–Crippen MR) is 529 cm³/mol. The summed E-state index contributed by atoms with van der Waals surface area (Å²) in [5, 5.41) is 14.2. The molecule has 0 spiro atoms. The Balaban J connectivity index is 0.000000141. The molecule has 0 aliphatic carbocycles. The molecule has 0 saturated carbocycles. The van der Waals surface area contributed by atoms with Crippen LogP contribution in [0.1, 0.15) is 86.5 Å². The van der Waals surface area contributed by atoms with E-state index in [4.69, 9.17) is 42.9 Å². The van der Waals surface area contributed by atoms with Gasteiger partial charge in [0.1, 0.15) is 0 Å². The van der Waals surface area contributed by atoms with Crippen molar-refractivity contribution in [2.45, 2.75) is 96.3 Å². The van der Waals surface area contributed by atoms with Crippen molar-refractivity contribution in [3.8, 4) is 45.0 Å². The standard InChI is InChI=1S/C30H26N4O.C28H28N4O.C27H26N4O.C26H24N4O/c31-26-15-13-24(14-16-26)28-20-32-30(27(33-28)17-11-21-6-2-1-3-7-21)34-29(35)19-22-10-12-23-8-4-5-9-25(23)18-22;29-24-17-15-23(16-18-24)26-20-30-28(25(31-26)19-14-22-10-5-2-6-11-22)32-27(33)13-7-12-21-8-3-1-4-9-21;28-23-15-13-22(14-16-23)25-19-29-27(24(30-25)17-11-20-7-3-1-4-8-20)31-26(32)18-12-21-9-5-2-6-10-21;27-22-14-12-21(13-15-22)24-18-28-26(30-25(31)17-20-9-5-2-6-10-20)23(29-24)16-11-19-7-3-1-4-8-19/h1-10,12-16,18,20H,11,17,19,31H2,(H,32,34,35);1-6,8-11,15-18,20H,7,12-14,19,29H2,(H,30,32,33);1-10,13-16,19H,11-12,17-18,28H2,(H,29,31,32);1-10,12-15,18H,11,16-17,27H2,(H,28,30,31). The summed E-state index contributed by atoms with van der Waals surface area (Å²) in [6.07, 6.45) is 16.4. The smallest absolute Gasteiger partial charge is 0.229 e. The van der Waals surface area contributed by atoms with Crippen LogP contribution >= 0.6 is 0 Å². The predicted octanol–water partition coefficient (Wildman–Crippen LogP) is 21.1. The number of nitrogens with one attached hydrogen (secondary N) is 4. The Morgan fingerprint density at radius 1 is 0.221 bits per heavy atom. The first kappa shape index (κ1) is 90.8. The lowest BCUT2D eigenvalue weighted by Gasteiger charge is -2.12. The first-order valence-corrected chi connectivity index (χ1v) is 44.0. The van der Waals surface area contributed by atoms with Crippen LogP contribution in [0.2, 0.25) is 0 Å². The molecule has 12 N–H and O–H groups in total. The molecule has 131 heavy (non-hydrogen) atoms. The molecule has 20 nitrogen and oxygen atoms in total. The summed E-state index contributed by atoms with van der Waals surface area (Å²) in [6, 6.07) is 115. The van der Waals surface area contributed by atoms with Crippen molar-refractivity contribution in [3.05, 3.63) is 444 Å². The minimum Gasteiger partial charge on any atom is -0.399 e. The molecule has 20 heteroatoms. The van der Waals surface area contributed by atoms with Crippen LogP contribution in [0.15, 0.2) is 377 Å². The van der Waals surface area contributed by atoms with E-state index in [0.717, 1.165) is 134 Å². The first-order valence-electron chi connectivity index (χ1n) is 44.0. The number of hydrogen-bond acceptors (Lipinski definition) is 16. The minimum atomic E-state index is -0.115. The van der Waals surface area contributed by atoms with Crippen LogP contribution in [0, 0.1) is 0 Å². The number of carbonyl (C=O) groups is 4. The first-order chi connectivity index (χ1) is 64.1. The van der Waals surface area contributed by atoms with E-state index in [0.29, 0.717) is 97.4 Å². The largest absolute Gasteiger partial charge is 0.399 e. The highest BCUT2D eigenvalue weighted by Crippen LogP contribution is 2.29. The third-order valence-corrected chi connectivity index (χ3v) is 21.8. The summed E-state index contributed by atoms with van der Waals surface area (Å²) in [6.45, 7) is 0. The van der Waals surface area contributed by atoms with Crippen LogP contribution in [0.5, 0.6) is 0 Å². The molecule has 0 fully saturated rings. The number of nitrogen functional groups attached to an aromatic ring is 4. The Labute approximate surface area is 764 Å². The highest BCUT2D eigenvalue weighted by molar-refractivity contribution is 5.94. The molecule has 652 valence electrons. The molecule has 17 aromatic rings. The molecule has 17 rings (SSSR count). The van der Waals surface area contributed by atoms with Gasteiger partial charge in [0.05, 0.1) is 83.2 Å². The number of nitrogens with zero attached hydrogens (tertiary/aromatic N) is 8. The Kier molecular flexibility index (Phi) is 32.7. The molecule has 0 bridgehead atoms. The van der Waals surface area contributed by atoms with Crippen LogP contribution in [0.25, 0.3) is 55.8 Å². The van der Waals surface area contributed by atoms with E-state index in [1.54, 1.807) is 24.8 Å². The Morgan fingerprint density at radius 2 is 0.473 bits per heavy atom. The summed E-state index contributed by atoms with van der Waals surface area (Å²) in [5.74, 6) is 1.75. The fraction of sp³-hybridized carbons (Fsp3) is 0.135. The SMILES string of the molecule is Nc1ccc(-c2cnc(NC(=O)CCCc3ccccc3)c(CCc3ccccc3)n2)cc1.Nc1ccc(-c2cnc(NC(=O)CCc3ccccc3)c(CCc3ccccc3)n2)cc1.Nc1ccc(-c2cnc(NC(=O)Cc3ccc4ccccc4c3)c(CCc3ccccc3)n2)cc1.Nc1ccc(-c2cnc(NC(=O)Cc3ccccc3)c(CCc3ccccc3)n2)cc1. The highest BCUT2D eigenvalue weighted by atomic mass is 16.2. The number of anilines is 8. The second kappa shape index (κ2) is 47.2. The lowest BCUT2D eigenvalue weighted by molar-refractivity contribution is -0.117. The van der Waals surface area contributed by atoms with Crippen molar-refractivity contribution in [2.24, 2.45) is 0 Å². The third kappa shape index (κ3) is 28.5. The molecule has 13 aromatic carbocycles. The molecular formula is C111H104N16O4. The zero-order valence-corrected chi connectivity index (χ0v) is 72.9. The van der Waals surface area contributed by atoms with Crippen LogP contribution < -0.4 is 44.2 Å². The molecular weight excluding hydrogens is 1620 g/mol. The van der Waals surface area contributed by atoms with Gasteiger partial charge in [0.25, 0.3) is 0 Å². The van der Waals surface area contributed by atoms with E-state index in [2.05, 4.69) is 120 Å². The van der Waals surface area contributed by atoms with Crippen LogP contribution in [0.4, 0.5) is 46.0 Å². The molecule has 4 amide bonds. The van der Waals surface area contributed by atoms with E-state index in [1.165, 1.54) is 27.8 Å². The lowest BCUT2D eigenvalue weighted by atomic mass is 10.0. The van der Waals surface area contributed by atoms with Crippen molar-refractivity contribution in [2.75, 3.05) is 44.2 Å². The highest BCUT2D eigenvalue weighted by Gasteiger charge is 2.20. The van der Waals surface area contributed by atoms with Crippen LogP contribution in [-0.4, -0.2) is 63.5 Å². The van der Waals surface area contributed by atoms with Gasteiger partial charge in [-0.1, -0.05) is 303 Å². The Morgan fingerprint density at radius 3 is 0.786 bits per heavy atom. The number of hydrogen-bond donors (Lipinski definition) is 8. The summed E-state index contributed by atoms with van der Waals surface area (Å²) in [5.41, 5.74) is 45.1. The van der Waals surface area contributed by atoms with Gasteiger partial charge >= 0.3 is 0 Å². The van der Waals surface area contributed by atoms with Gasteiger partial charge in [-0.3, -0.25) is 19.2 Å². The average Bonchev–Trinajstić information content (AvgIpc) is 0.833. The van der Waals surface area contributed by atoms with Gasteiger partial charge in [0, 0.05) is 57.8 Å². The van der Waals surface area contributed by atoms with Gasteiger partial charge in [0.2, 0.25) is 23.6 Å². The summed E-state index contributed by atoms with van der Waals surface area (Å²) in [4.78, 5) is 88.5. The molecule has 0 unspecified atom stereocenters. The number of benzene rings is 13. The van der Waals surface area contributed by atoms with Crippen molar-refractivity contribution >= 4 is 80.4 Å². The van der Waals surface area contributed by atoms with Crippen LogP contribution in [-0.2, 0) is 96.2 Å². The van der Waals surface area contributed by atoms with Gasteiger partial charge in [-0.15, -0.1) is 0 Å². The lowest BCUT2D eigenvalue weighted by Crippen LogP contribution is -2.17. The van der Waals surface area contributed by atoms with E-state index in [9.17, 15) is 19.2 Å². The van der Waals surface area contributed by atoms with Gasteiger partial charge in [-0.2, -0.15) is 0 Å². The number of carbonyl (C=O) groups excluding carboxylic acids is 4. The topological polar surface area (TPSA) is 324 Å². The zero-order chi connectivity index (χ0) is 90.6. The number of aryl methyl sites for hydroxylation is 10. The second-order valence-corrected chi connectivity index (χ2v) is 31.7. The molecule has 0 atom stereocenters. The number of fused-ring (bicyclic) bond motifs is 1. The van der Waals surface area contributed by atoms with Crippen molar-refractivity contribution in [1.29, 1.82) is 0 Å². The fourth-order valence-corrected chi connectivity index (χ4v) is 14.7. The van der Waals surface area contributed by atoms with E-state index in [-0.39, 0.29) is 30.0 Å². The van der Waals surface area contributed by atoms with E-state index in [1.807, 2.05) is 273 Å². The number of nitrogens with two attached hydrogens (primary N) is 4. The maximum Gasteiger partial charge on any atom is 0.229 e. The Bertz CT molecular complexity index is 6530. The van der Waals surface area contributed by atoms with Gasteiger partial charge in [-0.05, 0) is 174 Å². The molecule has 0 radical (unpaired) electrons. The monoisotopic (exact) mass is 1720 g/mol. The molecule has 4 aromatic heterocycles. The normalized spacial score (nSPS) is 10.7. The molecule has 4 heterocycles. The third-order valence-electron chi connectivity index (χ3n) is 21.8. The van der Waals surface area contributed by atoms with E-state index >= 15 is 0 Å². The maximum absolute atomic E-state index is 12.9. The maximum atomic E-state index is 12.9. The van der Waals surface area contributed by atoms with Crippen LogP contribution in [0.3, 0.4) is 0 Å². The summed E-state index contributed by atoms with van der Waals surface area (Å²) in [7, 11) is 0. The molecule has 0 aliphatic heterocycles. The summed E-state index contributed by atoms with van der Waals surface area (Å²) >= 11 is 0. The quantitative estimate of drug-likeness (QED) is 0.0187. The number of amides is 4. The second-order valence-electron chi connectivity index (χ2n) is 31.7. The minimum absolute atomic E-state index is 0.0403. The molecule has 0 saturated heterocycles. The average molecular weight is 1730 g/mol. The van der Waals surface area contributed by atoms with Crippen molar-refractivity contribution < 1.29 is 19.2 Å². The molecule has 0 aliphatic rings. The van der Waals surface area contributed by atoms with Crippen molar-refractivity contribution in [1.82, 2.24) is 39.9 Å². The van der Waals surface area contributed by atoms with E-state index < -0.39 is 0 Å². The fourth-order valence-electron chi connectivity index (χ4n) is 14.7. The zero-order valence-electron chi connectivity index (χ0n) is 72.9. The van der Waals surface area contributed by atoms with Gasteiger partial charge in [-0.25, -0.2) is 39.9 Å². The van der Waals surface area contributed by atoms with Gasteiger partial charge < -0.3 is 44.2 Å². The van der Waals surface area contributed by atoms with Crippen molar-refractivity contribution in [3.63, 3.8) is 0 Å². The number of aromatic nitrogens is 8.